The zero-order chi connectivity index (χ0) is 16.3. The average Bonchev–Trinajstić information content (AvgIpc) is 2.98. The van der Waals surface area contributed by atoms with Crippen molar-refractivity contribution < 1.29 is 27.8 Å². The van der Waals surface area contributed by atoms with Crippen molar-refractivity contribution in [3.05, 3.63) is 23.8 Å². The van der Waals surface area contributed by atoms with Gasteiger partial charge in [0.1, 0.15) is 10.6 Å². The van der Waals surface area contributed by atoms with Crippen molar-refractivity contribution in [2.24, 2.45) is 5.92 Å². The highest BCUT2D eigenvalue weighted by atomic mass is 32.2. The predicted molar refractivity (Wildman–Crippen MR) is 78.2 cm³/mol. The van der Waals surface area contributed by atoms with Crippen LogP contribution < -0.4 is 4.74 Å². The number of carbonyl (C=O) groups is 1. The maximum Gasteiger partial charge on any atom is 0.307 e. The number of carboxylic acids is 1. The number of aliphatic carboxylic acids is 1. The summed E-state index contributed by atoms with van der Waals surface area (Å²) in [5.74, 6) is -1.40. The molecule has 122 valence electrons. The number of benzene rings is 1. The topological polar surface area (TPSA) is 93.1 Å². The summed E-state index contributed by atoms with van der Waals surface area (Å²) < 4.78 is 36.8. The molecule has 0 spiro atoms. The number of ether oxygens (including phenoxy) is 2. The maximum atomic E-state index is 12.8. The van der Waals surface area contributed by atoms with Gasteiger partial charge in [0.2, 0.25) is 10.0 Å². The summed E-state index contributed by atoms with van der Waals surface area (Å²) in [6.45, 7) is 0.455. The maximum absolute atomic E-state index is 12.8. The summed E-state index contributed by atoms with van der Waals surface area (Å²) in [7, 11) is -0.878. The van der Waals surface area contributed by atoms with Gasteiger partial charge in [0.15, 0.2) is 0 Å². The normalized spacial score (nSPS) is 19.3. The molecular formula is C14H19NO6S. The first-order chi connectivity index (χ1) is 10.4. The first-order valence-electron chi connectivity index (χ1n) is 6.79. The van der Waals surface area contributed by atoms with Crippen LogP contribution in [0.15, 0.2) is 23.1 Å². The van der Waals surface area contributed by atoms with Crippen molar-refractivity contribution >= 4 is 16.0 Å². The zero-order valence-corrected chi connectivity index (χ0v) is 13.3. The molecule has 0 aliphatic carbocycles. The van der Waals surface area contributed by atoms with Crippen molar-refractivity contribution in [3.8, 4) is 5.75 Å². The van der Waals surface area contributed by atoms with Crippen LogP contribution in [0.2, 0.25) is 0 Å². The lowest BCUT2D eigenvalue weighted by atomic mass is 10.1. The Morgan fingerprint density at radius 1 is 1.41 bits per heavy atom. The van der Waals surface area contributed by atoms with Gasteiger partial charge in [-0.25, -0.2) is 8.42 Å². The molecular weight excluding hydrogens is 310 g/mol. The fourth-order valence-corrected chi connectivity index (χ4v) is 4.17. The van der Waals surface area contributed by atoms with Gasteiger partial charge in [-0.2, -0.15) is 4.31 Å². The minimum Gasteiger partial charge on any atom is -0.495 e. The fraction of sp³-hybridized carbons (Fsp3) is 0.500. The molecule has 1 aromatic rings. The van der Waals surface area contributed by atoms with Crippen LogP contribution in [0.4, 0.5) is 0 Å². The Balaban J connectivity index is 2.36. The molecule has 1 saturated heterocycles. The summed E-state index contributed by atoms with van der Waals surface area (Å²) >= 11 is 0. The SMILES string of the molecule is COCc1ccc(OC)c(S(=O)(=O)N2CCC(C(=O)O)C2)c1. The molecule has 1 aliphatic heterocycles. The van der Waals surface area contributed by atoms with E-state index in [1.54, 1.807) is 12.1 Å². The largest absolute Gasteiger partial charge is 0.495 e. The van der Waals surface area contributed by atoms with E-state index in [1.807, 2.05) is 0 Å². The monoisotopic (exact) mass is 329 g/mol. The molecule has 2 rings (SSSR count). The standard InChI is InChI=1S/C14H19NO6S/c1-20-9-10-3-4-12(21-2)13(7-10)22(18,19)15-6-5-11(8-15)14(16)17/h3-4,7,11H,5-6,8-9H2,1-2H3,(H,16,17). The molecule has 1 N–H and O–H groups in total. The number of carboxylic acid groups (broad SMARTS) is 1. The molecule has 1 aliphatic rings. The van der Waals surface area contributed by atoms with E-state index in [9.17, 15) is 13.2 Å². The van der Waals surface area contributed by atoms with Crippen LogP contribution >= 0.6 is 0 Å². The minimum atomic E-state index is -3.80. The van der Waals surface area contributed by atoms with Crippen LogP contribution in [0.1, 0.15) is 12.0 Å². The van der Waals surface area contributed by atoms with Gasteiger partial charge in [0, 0.05) is 20.2 Å². The summed E-state index contributed by atoms with van der Waals surface area (Å²) in [6.07, 6.45) is 0.314. The Hall–Kier alpha value is -1.64. The summed E-state index contributed by atoms with van der Waals surface area (Å²) in [6, 6.07) is 4.81. The van der Waals surface area contributed by atoms with Crippen LogP contribution in [-0.2, 0) is 26.2 Å². The zero-order valence-electron chi connectivity index (χ0n) is 12.5. The Morgan fingerprint density at radius 3 is 2.68 bits per heavy atom. The van der Waals surface area contributed by atoms with Crippen molar-refractivity contribution in [1.82, 2.24) is 4.31 Å². The Bertz CT molecular complexity index is 657. The Morgan fingerprint density at radius 2 is 2.14 bits per heavy atom. The molecule has 8 heteroatoms. The summed E-state index contributed by atoms with van der Waals surface area (Å²) in [4.78, 5) is 11.0. The van der Waals surface area contributed by atoms with Crippen molar-refractivity contribution in [1.29, 1.82) is 0 Å². The highest BCUT2D eigenvalue weighted by molar-refractivity contribution is 7.89. The molecule has 0 amide bonds. The first kappa shape index (κ1) is 16.7. The molecule has 1 unspecified atom stereocenters. The highest BCUT2D eigenvalue weighted by Gasteiger charge is 2.37. The smallest absolute Gasteiger partial charge is 0.307 e. The Labute approximate surface area is 129 Å². The minimum absolute atomic E-state index is 0.0185. The molecule has 0 bridgehead atoms. The lowest BCUT2D eigenvalue weighted by Gasteiger charge is -2.18. The van der Waals surface area contributed by atoms with Gasteiger partial charge >= 0.3 is 5.97 Å². The second kappa shape index (κ2) is 6.64. The van der Waals surface area contributed by atoms with Crippen molar-refractivity contribution in [3.63, 3.8) is 0 Å². The van der Waals surface area contributed by atoms with Gasteiger partial charge in [-0.05, 0) is 24.1 Å². The number of hydrogen-bond donors (Lipinski definition) is 1. The molecule has 1 heterocycles. The van der Waals surface area contributed by atoms with E-state index in [4.69, 9.17) is 14.6 Å². The second-order valence-electron chi connectivity index (χ2n) is 5.11. The number of sulfonamides is 1. The molecule has 22 heavy (non-hydrogen) atoms. The summed E-state index contributed by atoms with van der Waals surface area (Å²) in [5.41, 5.74) is 0.704. The molecule has 1 atom stereocenters. The van der Waals surface area contributed by atoms with Gasteiger partial charge in [-0.1, -0.05) is 6.07 Å². The average molecular weight is 329 g/mol. The van der Waals surface area contributed by atoms with Crippen molar-refractivity contribution in [2.75, 3.05) is 27.3 Å². The molecule has 1 fully saturated rings. The lowest BCUT2D eigenvalue weighted by molar-refractivity contribution is -0.141. The lowest BCUT2D eigenvalue weighted by Crippen LogP contribution is -2.30. The van der Waals surface area contributed by atoms with Gasteiger partial charge in [0.25, 0.3) is 0 Å². The van der Waals surface area contributed by atoms with Crippen LogP contribution in [0, 0.1) is 5.92 Å². The molecule has 0 radical (unpaired) electrons. The number of nitrogens with zero attached hydrogens (tertiary/aromatic N) is 1. The number of hydrogen-bond acceptors (Lipinski definition) is 5. The quantitative estimate of drug-likeness (QED) is 0.835. The van der Waals surface area contributed by atoms with Gasteiger partial charge in [0.05, 0.1) is 19.6 Å². The van der Waals surface area contributed by atoms with Crippen LogP contribution in [0.25, 0.3) is 0 Å². The Kier molecular flexibility index (Phi) is 5.05. The van der Waals surface area contributed by atoms with Gasteiger partial charge < -0.3 is 14.6 Å². The third-order valence-electron chi connectivity index (χ3n) is 3.66. The molecule has 7 nitrogen and oxygen atoms in total. The molecule has 0 aromatic heterocycles. The number of methoxy groups -OCH3 is 2. The molecule has 1 aromatic carbocycles. The second-order valence-corrected chi connectivity index (χ2v) is 7.01. The predicted octanol–water partition coefficient (Wildman–Crippen LogP) is 0.937. The number of rotatable bonds is 6. The van der Waals surface area contributed by atoms with Crippen LogP contribution in [0.3, 0.4) is 0 Å². The van der Waals surface area contributed by atoms with E-state index in [2.05, 4.69) is 0 Å². The van der Waals surface area contributed by atoms with Crippen LogP contribution in [0.5, 0.6) is 5.75 Å². The third-order valence-corrected chi connectivity index (χ3v) is 5.54. The third kappa shape index (κ3) is 3.23. The van der Waals surface area contributed by atoms with E-state index in [-0.39, 0.29) is 30.3 Å². The van der Waals surface area contributed by atoms with E-state index in [1.165, 1.54) is 24.6 Å². The van der Waals surface area contributed by atoms with E-state index >= 15 is 0 Å². The van der Waals surface area contributed by atoms with Gasteiger partial charge in [-0.3, -0.25) is 4.79 Å². The first-order valence-corrected chi connectivity index (χ1v) is 8.23. The van der Waals surface area contributed by atoms with E-state index in [0.717, 1.165) is 0 Å². The van der Waals surface area contributed by atoms with Crippen molar-refractivity contribution in [2.45, 2.75) is 17.9 Å². The van der Waals surface area contributed by atoms with Crippen LogP contribution in [-0.4, -0.2) is 51.1 Å². The van der Waals surface area contributed by atoms with E-state index in [0.29, 0.717) is 12.0 Å². The fourth-order valence-electron chi connectivity index (χ4n) is 2.47. The summed E-state index contributed by atoms with van der Waals surface area (Å²) in [5, 5.41) is 9.02. The molecule has 0 saturated carbocycles. The van der Waals surface area contributed by atoms with Gasteiger partial charge in [-0.15, -0.1) is 0 Å². The highest BCUT2D eigenvalue weighted by Crippen LogP contribution is 2.31. The van der Waals surface area contributed by atoms with E-state index < -0.39 is 21.9 Å².